The van der Waals surface area contributed by atoms with E-state index in [0.717, 1.165) is 23.4 Å². The van der Waals surface area contributed by atoms with E-state index in [1.807, 2.05) is 6.07 Å². The summed E-state index contributed by atoms with van der Waals surface area (Å²) >= 11 is 1.42. The van der Waals surface area contributed by atoms with Crippen molar-refractivity contribution >= 4 is 17.3 Å². The van der Waals surface area contributed by atoms with Crippen molar-refractivity contribution in [3.05, 3.63) is 57.5 Å². The van der Waals surface area contributed by atoms with E-state index in [2.05, 4.69) is 5.32 Å². The Morgan fingerprint density at radius 2 is 2.21 bits per heavy atom. The molecule has 100 valence electrons. The van der Waals surface area contributed by atoms with Crippen LogP contribution in [-0.2, 0) is 13.0 Å². The third-order valence-electron chi connectivity index (χ3n) is 2.68. The number of benzene rings is 1. The Kier molecular flexibility index (Phi) is 4.65. The molecule has 0 amide bonds. The smallest absolute Gasteiger partial charge is 0.336 e. The lowest BCUT2D eigenvalue weighted by molar-refractivity contribution is 0.0697. The van der Waals surface area contributed by atoms with Crippen LogP contribution >= 0.6 is 11.3 Å². The lowest BCUT2D eigenvalue weighted by Gasteiger charge is -2.03. The highest BCUT2D eigenvalue weighted by atomic mass is 32.1. The minimum Gasteiger partial charge on any atom is -0.478 e. The van der Waals surface area contributed by atoms with E-state index in [9.17, 15) is 9.18 Å². The van der Waals surface area contributed by atoms with Crippen LogP contribution in [0.5, 0.6) is 0 Å². The molecule has 1 aromatic heterocycles. The van der Waals surface area contributed by atoms with Gasteiger partial charge in [-0.25, -0.2) is 9.18 Å². The summed E-state index contributed by atoms with van der Waals surface area (Å²) in [5.74, 6) is -1.12. The molecule has 0 saturated carbocycles. The molecule has 0 unspecified atom stereocenters. The Morgan fingerprint density at radius 1 is 1.37 bits per heavy atom. The van der Waals surface area contributed by atoms with Crippen LogP contribution in [0.3, 0.4) is 0 Å². The van der Waals surface area contributed by atoms with E-state index in [0.29, 0.717) is 12.1 Å². The second-order valence-corrected chi connectivity index (χ2v) is 5.16. The Hall–Kier alpha value is -1.72. The molecule has 5 heteroatoms. The number of hydrogen-bond donors (Lipinski definition) is 2. The van der Waals surface area contributed by atoms with Crippen molar-refractivity contribution in [2.45, 2.75) is 13.0 Å². The summed E-state index contributed by atoms with van der Waals surface area (Å²) in [6.07, 6.45) is 0.745. The van der Waals surface area contributed by atoms with Gasteiger partial charge in [-0.3, -0.25) is 0 Å². The van der Waals surface area contributed by atoms with Crippen molar-refractivity contribution in [2.24, 2.45) is 0 Å². The summed E-state index contributed by atoms with van der Waals surface area (Å²) in [6, 6.07) is 8.20. The largest absolute Gasteiger partial charge is 0.478 e. The number of hydrogen-bond acceptors (Lipinski definition) is 3. The summed E-state index contributed by atoms with van der Waals surface area (Å²) in [7, 11) is 0. The number of rotatable bonds is 6. The third kappa shape index (κ3) is 4.15. The molecule has 0 atom stereocenters. The molecule has 0 spiro atoms. The molecular weight excluding hydrogens is 265 g/mol. The van der Waals surface area contributed by atoms with Crippen LogP contribution < -0.4 is 5.32 Å². The topological polar surface area (TPSA) is 49.3 Å². The molecular formula is C14H14FNO2S. The molecule has 2 N–H and O–H groups in total. The van der Waals surface area contributed by atoms with Gasteiger partial charge in [0, 0.05) is 16.8 Å². The van der Waals surface area contributed by atoms with Crippen LogP contribution in [0.4, 0.5) is 4.39 Å². The summed E-state index contributed by atoms with van der Waals surface area (Å²) in [5.41, 5.74) is 1.27. The quantitative estimate of drug-likeness (QED) is 0.799. The van der Waals surface area contributed by atoms with Gasteiger partial charge in [-0.1, -0.05) is 12.1 Å². The zero-order valence-corrected chi connectivity index (χ0v) is 11.0. The number of aromatic carboxylic acids is 1. The van der Waals surface area contributed by atoms with Gasteiger partial charge in [-0.15, -0.1) is 11.3 Å². The molecule has 19 heavy (non-hydrogen) atoms. The highest BCUT2D eigenvalue weighted by Crippen LogP contribution is 2.14. The summed E-state index contributed by atoms with van der Waals surface area (Å²) < 4.78 is 12.9. The maximum absolute atomic E-state index is 12.9. The predicted octanol–water partition coefficient (Wildman–Crippen LogP) is 2.92. The number of carboxylic acids is 1. The van der Waals surface area contributed by atoms with Crippen molar-refractivity contribution in [1.29, 1.82) is 0 Å². The normalized spacial score (nSPS) is 10.6. The summed E-state index contributed by atoms with van der Waals surface area (Å²) in [5, 5.41) is 13.6. The molecule has 1 aromatic carbocycles. The first kappa shape index (κ1) is 13.7. The van der Waals surface area contributed by atoms with Gasteiger partial charge < -0.3 is 10.4 Å². The second-order valence-electron chi connectivity index (χ2n) is 4.16. The monoisotopic (exact) mass is 279 g/mol. The molecule has 0 fully saturated rings. The van der Waals surface area contributed by atoms with Crippen LogP contribution in [0.25, 0.3) is 0 Å². The van der Waals surface area contributed by atoms with Crippen LogP contribution in [0, 0.1) is 5.82 Å². The van der Waals surface area contributed by atoms with Crippen LogP contribution in [0.15, 0.2) is 35.7 Å². The fourth-order valence-electron chi connectivity index (χ4n) is 1.72. The molecule has 2 rings (SSSR count). The lowest BCUT2D eigenvalue weighted by atomic mass is 10.1. The van der Waals surface area contributed by atoms with E-state index in [1.165, 1.54) is 23.5 Å². The van der Waals surface area contributed by atoms with Crippen molar-refractivity contribution in [3.8, 4) is 0 Å². The van der Waals surface area contributed by atoms with Gasteiger partial charge in [0.15, 0.2) is 0 Å². The fourth-order valence-corrected chi connectivity index (χ4v) is 2.55. The molecule has 0 aliphatic rings. The molecule has 3 nitrogen and oxygen atoms in total. The number of carbonyl (C=O) groups is 1. The first-order valence-electron chi connectivity index (χ1n) is 5.91. The van der Waals surface area contributed by atoms with E-state index >= 15 is 0 Å². The number of nitrogens with one attached hydrogen (secondary N) is 1. The van der Waals surface area contributed by atoms with Gasteiger partial charge in [0.2, 0.25) is 0 Å². The molecule has 2 aromatic rings. The van der Waals surface area contributed by atoms with Gasteiger partial charge in [0.25, 0.3) is 0 Å². The molecule has 0 radical (unpaired) electrons. The number of halogens is 1. The maximum Gasteiger partial charge on any atom is 0.336 e. The number of carboxylic acid groups (broad SMARTS) is 1. The van der Waals surface area contributed by atoms with Crippen molar-refractivity contribution in [1.82, 2.24) is 5.32 Å². The Morgan fingerprint density at radius 3 is 2.89 bits per heavy atom. The summed E-state index contributed by atoms with van der Waals surface area (Å²) in [4.78, 5) is 11.7. The molecule has 0 bridgehead atoms. The zero-order chi connectivity index (χ0) is 13.7. The first-order chi connectivity index (χ1) is 9.15. The van der Waals surface area contributed by atoms with Gasteiger partial charge in [-0.05, 0) is 36.7 Å². The van der Waals surface area contributed by atoms with Crippen LogP contribution in [0.1, 0.15) is 20.8 Å². The average molecular weight is 279 g/mol. The molecule has 0 aliphatic heterocycles. The minimum atomic E-state index is -0.901. The van der Waals surface area contributed by atoms with E-state index in [4.69, 9.17) is 5.11 Å². The van der Waals surface area contributed by atoms with Crippen molar-refractivity contribution in [3.63, 3.8) is 0 Å². The Labute approximate surface area is 114 Å². The maximum atomic E-state index is 12.9. The van der Waals surface area contributed by atoms with Crippen LogP contribution in [0.2, 0.25) is 0 Å². The lowest BCUT2D eigenvalue weighted by Crippen LogP contribution is -2.16. The first-order valence-corrected chi connectivity index (χ1v) is 6.79. The van der Waals surface area contributed by atoms with Gasteiger partial charge >= 0.3 is 5.97 Å². The summed E-state index contributed by atoms with van der Waals surface area (Å²) in [6.45, 7) is 1.36. The second kappa shape index (κ2) is 6.45. The SMILES string of the molecule is O=C(O)c1csc(CNCCc2cccc(F)c2)c1. The molecule has 0 aliphatic carbocycles. The van der Waals surface area contributed by atoms with Crippen molar-refractivity contribution in [2.75, 3.05) is 6.54 Å². The van der Waals surface area contributed by atoms with E-state index in [1.54, 1.807) is 17.5 Å². The Balaban J connectivity index is 1.76. The molecule has 1 heterocycles. The van der Waals surface area contributed by atoms with Crippen molar-refractivity contribution < 1.29 is 14.3 Å². The van der Waals surface area contributed by atoms with Gasteiger partial charge in [0.1, 0.15) is 5.82 Å². The highest BCUT2D eigenvalue weighted by Gasteiger charge is 2.05. The highest BCUT2D eigenvalue weighted by molar-refractivity contribution is 7.10. The fraction of sp³-hybridized carbons (Fsp3) is 0.214. The number of thiophene rings is 1. The predicted molar refractivity (Wildman–Crippen MR) is 73.1 cm³/mol. The third-order valence-corrected chi connectivity index (χ3v) is 3.62. The Bertz CT molecular complexity index is 568. The van der Waals surface area contributed by atoms with Gasteiger partial charge in [0.05, 0.1) is 5.56 Å². The average Bonchev–Trinajstić information content (AvgIpc) is 2.84. The zero-order valence-electron chi connectivity index (χ0n) is 10.2. The van der Waals surface area contributed by atoms with Crippen LogP contribution in [-0.4, -0.2) is 17.6 Å². The van der Waals surface area contributed by atoms with E-state index in [-0.39, 0.29) is 5.82 Å². The standard InChI is InChI=1S/C14H14FNO2S/c15-12-3-1-2-10(6-12)4-5-16-8-13-7-11(9-19-13)14(17)18/h1-3,6-7,9,16H,4-5,8H2,(H,17,18). The molecule has 0 saturated heterocycles. The van der Waals surface area contributed by atoms with E-state index < -0.39 is 5.97 Å². The minimum absolute atomic E-state index is 0.221. The van der Waals surface area contributed by atoms with Gasteiger partial charge in [-0.2, -0.15) is 0 Å².